The summed E-state index contributed by atoms with van der Waals surface area (Å²) in [6.07, 6.45) is 5.95. The zero-order valence-electron chi connectivity index (χ0n) is 15.9. The van der Waals surface area contributed by atoms with E-state index in [0.29, 0.717) is 24.0 Å². The number of carbonyl (C=O) groups is 2. The molecule has 30 heavy (non-hydrogen) atoms. The summed E-state index contributed by atoms with van der Waals surface area (Å²) in [7, 11) is 0. The van der Waals surface area contributed by atoms with Crippen molar-refractivity contribution in [2.45, 2.75) is 18.9 Å². The Morgan fingerprint density at radius 2 is 2.10 bits per heavy atom. The number of nitrogens with zero attached hydrogens (tertiary/aromatic N) is 2. The van der Waals surface area contributed by atoms with Crippen molar-refractivity contribution in [1.29, 1.82) is 0 Å². The van der Waals surface area contributed by atoms with Crippen LogP contribution in [0.25, 0.3) is 0 Å². The van der Waals surface area contributed by atoms with Gasteiger partial charge in [-0.15, -0.1) is 0 Å². The van der Waals surface area contributed by atoms with E-state index in [1.165, 1.54) is 23.1 Å². The number of H-pyrrole nitrogens is 1. The van der Waals surface area contributed by atoms with Gasteiger partial charge in [-0.05, 0) is 48.2 Å². The number of carbonyl (C=O) groups excluding carboxylic acids is 2. The van der Waals surface area contributed by atoms with Crippen molar-refractivity contribution in [3.8, 4) is 5.75 Å². The highest BCUT2D eigenvalue weighted by Crippen LogP contribution is 2.39. The van der Waals surface area contributed by atoms with Crippen molar-refractivity contribution in [2.24, 2.45) is 5.73 Å². The van der Waals surface area contributed by atoms with Gasteiger partial charge in [0, 0.05) is 17.4 Å². The fourth-order valence-corrected chi connectivity index (χ4v) is 3.67. The highest BCUT2D eigenvalue weighted by atomic mass is 35.5. The highest BCUT2D eigenvalue weighted by molar-refractivity contribution is 6.30. The Kier molecular flexibility index (Phi) is 6.68. The highest BCUT2D eigenvalue weighted by Gasteiger charge is 2.34. The summed E-state index contributed by atoms with van der Waals surface area (Å²) in [5.41, 5.74) is 6.40. The molecule has 0 fully saturated rings. The molecule has 2 aromatic carbocycles. The van der Waals surface area contributed by atoms with Crippen LogP contribution >= 0.6 is 11.6 Å². The number of amides is 2. The van der Waals surface area contributed by atoms with Gasteiger partial charge in [0.05, 0.1) is 17.9 Å². The largest absolute Gasteiger partial charge is 0.507 e. The molecule has 1 aromatic heterocycles. The van der Waals surface area contributed by atoms with Gasteiger partial charge < -0.3 is 20.7 Å². The lowest BCUT2D eigenvalue weighted by atomic mass is 10.0. The first-order valence-corrected chi connectivity index (χ1v) is 9.54. The molecule has 0 saturated heterocycles. The van der Waals surface area contributed by atoms with E-state index < -0.39 is 23.7 Å². The van der Waals surface area contributed by atoms with Crippen LogP contribution in [-0.2, 0) is 11.2 Å². The summed E-state index contributed by atoms with van der Waals surface area (Å²) in [6, 6.07) is 8.33. The molecule has 1 unspecified atom stereocenters. The minimum Gasteiger partial charge on any atom is -0.507 e. The lowest BCUT2D eigenvalue weighted by Crippen LogP contribution is -2.40. The maximum absolute atomic E-state index is 14.1. The molecule has 4 rings (SSSR count). The van der Waals surface area contributed by atoms with Gasteiger partial charge in [0.15, 0.2) is 0 Å². The Labute approximate surface area is 177 Å². The average molecular weight is 431 g/mol. The number of phenols is 1. The molecule has 2 amide bonds. The van der Waals surface area contributed by atoms with Crippen LogP contribution in [-0.4, -0.2) is 38.3 Å². The molecule has 0 aliphatic heterocycles. The maximum atomic E-state index is 14.1. The van der Waals surface area contributed by atoms with E-state index >= 15 is 0 Å². The third-order valence-electron chi connectivity index (χ3n) is 4.73. The predicted octanol–water partition coefficient (Wildman–Crippen LogP) is 3.21. The standard InChI is InChI=1S/C18H16ClFN2O3.C3H4N2/c19-10-7-13-11(14(20)8-10)5-6-15(13)22(9-17(21)24)18(25)12-3-1-2-4-16(12)23;1-2-5-3-4-1/h1-4,7-8,15,23H,5-6,9H2,(H2,21,24);1-3H,(H,4,5). The van der Waals surface area contributed by atoms with Crippen LogP contribution in [0, 0.1) is 5.82 Å². The van der Waals surface area contributed by atoms with E-state index in [1.54, 1.807) is 36.9 Å². The van der Waals surface area contributed by atoms with E-state index in [4.69, 9.17) is 17.3 Å². The van der Waals surface area contributed by atoms with Crippen molar-refractivity contribution < 1.29 is 19.1 Å². The number of hydrogen-bond donors (Lipinski definition) is 3. The van der Waals surface area contributed by atoms with Crippen molar-refractivity contribution in [2.75, 3.05) is 6.54 Å². The molecule has 9 heteroatoms. The number of imidazole rings is 1. The van der Waals surface area contributed by atoms with E-state index in [0.717, 1.165) is 0 Å². The number of hydrogen-bond acceptors (Lipinski definition) is 4. The Hall–Kier alpha value is -3.39. The minimum atomic E-state index is -0.695. The molecule has 1 heterocycles. The van der Waals surface area contributed by atoms with Gasteiger partial charge in [-0.1, -0.05) is 23.7 Å². The number of para-hydroxylation sites is 1. The minimum absolute atomic E-state index is 0.0553. The van der Waals surface area contributed by atoms with Crippen molar-refractivity contribution >= 4 is 23.4 Å². The van der Waals surface area contributed by atoms with Crippen LogP contribution in [0.5, 0.6) is 5.75 Å². The van der Waals surface area contributed by atoms with Crippen LogP contribution in [0.15, 0.2) is 55.1 Å². The summed E-state index contributed by atoms with van der Waals surface area (Å²) in [6.45, 7) is -0.342. The fraction of sp³-hybridized carbons (Fsp3) is 0.190. The van der Waals surface area contributed by atoms with Gasteiger partial charge in [0.2, 0.25) is 5.91 Å². The monoisotopic (exact) mass is 430 g/mol. The fourth-order valence-electron chi connectivity index (χ4n) is 3.46. The molecular weight excluding hydrogens is 411 g/mol. The Morgan fingerprint density at radius 1 is 1.33 bits per heavy atom. The first-order valence-electron chi connectivity index (χ1n) is 9.16. The van der Waals surface area contributed by atoms with Crippen LogP contribution in [0.4, 0.5) is 4.39 Å². The predicted molar refractivity (Wildman–Crippen MR) is 109 cm³/mol. The van der Waals surface area contributed by atoms with Gasteiger partial charge in [-0.25, -0.2) is 9.37 Å². The second-order valence-electron chi connectivity index (χ2n) is 6.69. The van der Waals surface area contributed by atoms with Gasteiger partial charge in [0.1, 0.15) is 18.1 Å². The molecule has 7 nitrogen and oxygen atoms in total. The normalized spacial score (nSPS) is 14.4. The van der Waals surface area contributed by atoms with Gasteiger partial charge in [-0.3, -0.25) is 9.59 Å². The number of nitrogens with two attached hydrogens (primary N) is 1. The Morgan fingerprint density at radius 3 is 2.70 bits per heavy atom. The number of fused-ring (bicyclic) bond motifs is 1. The van der Waals surface area contributed by atoms with Gasteiger partial charge in [-0.2, -0.15) is 0 Å². The number of aromatic amines is 1. The van der Waals surface area contributed by atoms with Crippen LogP contribution in [0.1, 0.15) is 33.9 Å². The van der Waals surface area contributed by atoms with Crippen molar-refractivity contribution in [3.05, 3.63) is 82.6 Å². The summed E-state index contributed by atoms with van der Waals surface area (Å²) < 4.78 is 14.1. The Balaban J connectivity index is 0.000000448. The third-order valence-corrected chi connectivity index (χ3v) is 4.94. The number of aromatic hydroxyl groups is 1. The zero-order chi connectivity index (χ0) is 21.7. The topological polar surface area (TPSA) is 112 Å². The summed E-state index contributed by atoms with van der Waals surface area (Å²) >= 11 is 5.95. The van der Waals surface area contributed by atoms with Gasteiger partial charge in [0.25, 0.3) is 5.91 Å². The smallest absolute Gasteiger partial charge is 0.258 e. The number of nitrogens with one attached hydrogen (secondary N) is 1. The van der Waals surface area contributed by atoms with E-state index in [-0.39, 0.29) is 22.9 Å². The SMILES string of the molecule is NC(=O)CN(C(=O)c1ccccc1O)C1CCc2c(F)cc(Cl)cc21.c1c[nH]cn1. The lowest BCUT2D eigenvalue weighted by Gasteiger charge is -2.29. The molecule has 1 aliphatic carbocycles. The Bertz CT molecular complexity index is 1030. The maximum Gasteiger partial charge on any atom is 0.258 e. The van der Waals surface area contributed by atoms with E-state index in [9.17, 15) is 19.1 Å². The van der Waals surface area contributed by atoms with Gasteiger partial charge >= 0.3 is 0 Å². The molecule has 0 saturated carbocycles. The summed E-state index contributed by atoms with van der Waals surface area (Å²) in [5.74, 6) is -1.87. The second-order valence-corrected chi connectivity index (χ2v) is 7.12. The molecule has 0 spiro atoms. The molecule has 4 N–H and O–H groups in total. The second kappa shape index (κ2) is 9.41. The number of halogens is 2. The van der Waals surface area contributed by atoms with Crippen molar-refractivity contribution in [3.63, 3.8) is 0 Å². The van der Waals surface area contributed by atoms with Crippen LogP contribution in [0.3, 0.4) is 0 Å². The molecule has 1 aliphatic rings. The van der Waals surface area contributed by atoms with Crippen molar-refractivity contribution in [1.82, 2.24) is 14.9 Å². The van der Waals surface area contributed by atoms with E-state index in [2.05, 4.69) is 9.97 Å². The summed E-state index contributed by atoms with van der Waals surface area (Å²) in [4.78, 5) is 32.1. The third kappa shape index (κ3) is 4.77. The number of primary amides is 1. The molecule has 3 aromatic rings. The molecule has 1 atom stereocenters. The molecule has 0 radical (unpaired) electrons. The number of rotatable bonds is 4. The molecule has 156 valence electrons. The van der Waals surface area contributed by atoms with Crippen LogP contribution < -0.4 is 5.73 Å². The average Bonchev–Trinajstić information content (AvgIpc) is 3.39. The lowest BCUT2D eigenvalue weighted by molar-refractivity contribution is -0.119. The number of aromatic nitrogens is 2. The molecular formula is C21H20ClFN4O3. The first-order chi connectivity index (χ1) is 14.4. The van der Waals surface area contributed by atoms with Crippen LogP contribution in [0.2, 0.25) is 5.02 Å². The zero-order valence-corrected chi connectivity index (χ0v) is 16.6. The summed E-state index contributed by atoms with van der Waals surface area (Å²) in [5, 5.41) is 10.2. The first kappa shape index (κ1) is 21.3. The number of phenolic OH excluding ortho intramolecular Hbond substituents is 1. The molecule has 0 bridgehead atoms. The number of benzene rings is 2. The quantitative estimate of drug-likeness (QED) is 0.589. The van der Waals surface area contributed by atoms with E-state index in [1.807, 2.05) is 0 Å².